The van der Waals surface area contributed by atoms with Crippen LogP contribution in [-0.4, -0.2) is 15.0 Å². The molecule has 0 spiro atoms. The van der Waals surface area contributed by atoms with E-state index in [2.05, 4.69) is 42.1 Å². The largest absolute Gasteiger partial charge is 0.395 e. The SMILES string of the molecule is Cc1cc(-n2nc3cc(F)c(N)c(Br)c3n2)cc(C)c1Br. The lowest BCUT2D eigenvalue weighted by molar-refractivity contribution is 0.633. The zero-order chi connectivity index (χ0) is 15.3. The van der Waals surface area contributed by atoms with Crippen molar-refractivity contribution in [3.8, 4) is 5.69 Å². The molecule has 0 aliphatic heterocycles. The lowest BCUT2D eigenvalue weighted by Gasteiger charge is -2.06. The molecule has 3 aromatic rings. The normalized spacial score (nSPS) is 11.3. The van der Waals surface area contributed by atoms with Crippen molar-refractivity contribution in [3.05, 3.63) is 44.1 Å². The van der Waals surface area contributed by atoms with Crippen molar-refractivity contribution in [1.29, 1.82) is 0 Å². The van der Waals surface area contributed by atoms with Crippen LogP contribution in [0.15, 0.2) is 27.1 Å². The molecule has 0 unspecified atom stereocenters. The molecule has 1 aromatic heterocycles. The van der Waals surface area contributed by atoms with Crippen LogP contribution in [0.25, 0.3) is 16.7 Å². The summed E-state index contributed by atoms with van der Waals surface area (Å²) in [5.74, 6) is -0.510. The summed E-state index contributed by atoms with van der Waals surface area (Å²) in [6.07, 6.45) is 0. The number of nitrogen functional groups attached to an aromatic ring is 1. The number of benzene rings is 2. The monoisotopic (exact) mass is 412 g/mol. The lowest BCUT2D eigenvalue weighted by Crippen LogP contribution is -2.00. The Morgan fingerprint density at radius 3 is 2.29 bits per heavy atom. The third-order valence-electron chi connectivity index (χ3n) is 3.26. The van der Waals surface area contributed by atoms with Gasteiger partial charge in [0, 0.05) is 10.5 Å². The van der Waals surface area contributed by atoms with Gasteiger partial charge in [0.1, 0.15) is 16.9 Å². The van der Waals surface area contributed by atoms with Gasteiger partial charge in [-0.25, -0.2) is 4.39 Å². The molecule has 3 rings (SSSR count). The van der Waals surface area contributed by atoms with Crippen molar-refractivity contribution in [2.75, 3.05) is 5.73 Å². The van der Waals surface area contributed by atoms with Crippen LogP contribution >= 0.6 is 31.9 Å². The molecule has 0 atom stereocenters. The van der Waals surface area contributed by atoms with Crippen LogP contribution in [0.4, 0.5) is 10.1 Å². The molecule has 0 aliphatic carbocycles. The molecule has 21 heavy (non-hydrogen) atoms. The van der Waals surface area contributed by atoms with E-state index in [1.165, 1.54) is 10.9 Å². The van der Waals surface area contributed by atoms with Crippen LogP contribution in [-0.2, 0) is 0 Å². The number of nitrogens with zero attached hydrogens (tertiary/aromatic N) is 3. The first kappa shape index (κ1) is 14.5. The number of fused-ring (bicyclic) bond motifs is 1. The smallest absolute Gasteiger partial charge is 0.149 e. The number of rotatable bonds is 1. The molecule has 0 radical (unpaired) electrons. The van der Waals surface area contributed by atoms with Crippen LogP contribution in [0.2, 0.25) is 0 Å². The first-order valence-corrected chi connectivity index (χ1v) is 7.74. The van der Waals surface area contributed by atoms with E-state index >= 15 is 0 Å². The third-order valence-corrected chi connectivity index (χ3v) is 5.31. The fourth-order valence-corrected chi connectivity index (χ4v) is 2.86. The van der Waals surface area contributed by atoms with E-state index in [9.17, 15) is 4.39 Å². The molecular formula is C14H11Br2FN4. The fraction of sp³-hybridized carbons (Fsp3) is 0.143. The maximum Gasteiger partial charge on any atom is 0.149 e. The Hall–Kier alpha value is -1.47. The molecule has 108 valence electrons. The number of aromatic nitrogens is 3. The van der Waals surface area contributed by atoms with Crippen molar-refractivity contribution in [2.45, 2.75) is 13.8 Å². The molecule has 2 aromatic carbocycles. The average molecular weight is 414 g/mol. The topological polar surface area (TPSA) is 56.7 Å². The third kappa shape index (κ3) is 2.34. The highest BCUT2D eigenvalue weighted by molar-refractivity contribution is 9.11. The van der Waals surface area contributed by atoms with Crippen LogP contribution < -0.4 is 5.73 Å². The zero-order valence-corrected chi connectivity index (χ0v) is 14.5. The van der Waals surface area contributed by atoms with Gasteiger partial charge in [-0.1, -0.05) is 15.9 Å². The molecule has 0 amide bonds. The number of hydrogen-bond acceptors (Lipinski definition) is 3. The van der Waals surface area contributed by atoms with E-state index in [1.54, 1.807) is 0 Å². The van der Waals surface area contributed by atoms with Gasteiger partial charge in [0.15, 0.2) is 0 Å². The van der Waals surface area contributed by atoms with Crippen LogP contribution in [0.5, 0.6) is 0 Å². The minimum absolute atomic E-state index is 0.0396. The molecule has 7 heteroatoms. The van der Waals surface area contributed by atoms with E-state index in [0.717, 1.165) is 21.3 Å². The molecular weight excluding hydrogens is 403 g/mol. The summed E-state index contributed by atoms with van der Waals surface area (Å²) in [6, 6.07) is 5.21. The molecule has 0 fully saturated rings. The van der Waals surface area contributed by atoms with Gasteiger partial charge >= 0.3 is 0 Å². The second-order valence-electron chi connectivity index (χ2n) is 4.84. The number of aryl methyl sites for hydroxylation is 2. The Bertz CT molecular complexity index is 850. The quantitative estimate of drug-likeness (QED) is 0.605. The van der Waals surface area contributed by atoms with E-state index in [0.29, 0.717) is 15.5 Å². The van der Waals surface area contributed by atoms with Gasteiger partial charge in [0.2, 0.25) is 0 Å². The van der Waals surface area contributed by atoms with Gasteiger partial charge in [-0.2, -0.15) is 4.80 Å². The molecule has 0 saturated heterocycles. The minimum atomic E-state index is -0.510. The van der Waals surface area contributed by atoms with Crippen molar-refractivity contribution in [2.24, 2.45) is 0 Å². The van der Waals surface area contributed by atoms with E-state index in [4.69, 9.17) is 5.73 Å². The first-order valence-electron chi connectivity index (χ1n) is 6.16. The fourth-order valence-electron chi connectivity index (χ4n) is 2.16. The number of nitrogens with two attached hydrogens (primary N) is 1. The maximum atomic E-state index is 13.7. The molecule has 0 bridgehead atoms. The highest BCUT2D eigenvalue weighted by atomic mass is 79.9. The average Bonchev–Trinajstić information content (AvgIpc) is 2.85. The summed E-state index contributed by atoms with van der Waals surface area (Å²) in [7, 11) is 0. The van der Waals surface area contributed by atoms with E-state index in [1.807, 2.05) is 26.0 Å². The van der Waals surface area contributed by atoms with Crippen molar-refractivity contribution in [3.63, 3.8) is 0 Å². The second-order valence-corrected chi connectivity index (χ2v) is 6.42. The highest BCUT2D eigenvalue weighted by Gasteiger charge is 2.15. The Balaban J connectivity index is 2.25. The van der Waals surface area contributed by atoms with Crippen molar-refractivity contribution < 1.29 is 4.39 Å². The Kier molecular flexibility index (Phi) is 3.49. The predicted molar refractivity (Wildman–Crippen MR) is 88.1 cm³/mol. The molecule has 0 saturated carbocycles. The van der Waals surface area contributed by atoms with Crippen LogP contribution in [0, 0.1) is 19.7 Å². The Labute approximate surface area is 137 Å². The van der Waals surface area contributed by atoms with Gasteiger partial charge in [0.25, 0.3) is 0 Å². The van der Waals surface area contributed by atoms with Gasteiger partial charge in [0.05, 0.1) is 15.8 Å². The molecule has 0 aliphatic rings. The van der Waals surface area contributed by atoms with Crippen LogP contribution in [0.1, 0.15) is 11.1 Å². The molecule has 2 N–H and O–H groups in total. The molecule has 4 nitrogen and oxygen atoms in total. The minimum Gasteiger partial charge on any atom is -0.395 e. The van der Waals surface area contributed by atoms with Crippen molar-refractivity contribution >= 4 is 48.6 Å². The summed E-state index contributed by atoms with van der Waals surface area (Å²) in [5.41, 5.74) is 9.66. The number of halogens is 3. The predicted octanol–water partition coefficient (Wildman–Crippen LogP) is 4.28. The zero-order valence-electron chi connectivity index (χ0n) is 11.3. The van der Waals surface area contributed by atoms with Crippen molar-refractivity contribution in [1.82, 2.24) is 15.0 Å². The standard InChI is InChI=1S/C14H11Br2FN4/c1-6-3-8(4-7(2)11(6)15)21-19-10-5-9(17)13(18)12(16)14(10)20-21/h3-5H,18H2,1-2H3. The molecule has 1 heterocycles. The number of hydrogen-bond donors (Lipinski definition) is 1. The van der Waals surface area contributed by atoms with Gasteiger partial charge in [-0.3, -0.25) is 0 Å². The van der Waals surface area contributed by atoms with Gasteiger partial charge in [-0.05, 0) is 53.0 Å². The summed E-state index contributed by atoms with van der Waals surface area (Å²) >= 11 is 6.80. The second kappa shape index (κ2) is 5.06. The Morgan fingerprint density at radius 1 is 1.05 bits per heavy atom. The Morgan fingerprint density at radius 2 is 1.67 bits per heavy atom. The summed E-state index contributed by atoms with van der Waals surface area (Å²) in [4.78, 5) is 1.49. The lowest BCUT2D eigenvalue weighted by atomic mass is 10.1. The summed E-state index contributed by atoms with van der Waals surface area (Å²) < 4.78 is 15.1. The summed E-state index contributed by atoms with van der Waals surface area (Å²) in [5, 5.41) is 8.72. The van der Waals surface area contributed by atoms with E-state index in [-0.39, 0.29) is 5.69 Å². The maximum absolute atomic E-state index is 13.7. The highest BCUT2D eigenvalue weighted by Crippen LogP contribution is 2.31. The van der Waals surface area contributed by atoms with Crippen LogP contribution in [0.3, 0.4) is 0 Å². The number of anilines is 1. The van der Waals surface area contributed by atoms with Gasteiger partial charge < -0.3 is 5.73 Å². The van der Waals surface area contributed by atoms with E-state index < -0.39 is 5.82 Å². The summed E-state index contributed by atoms with van der Waals surface area (Å²) in [6.45, 7) is 3.99. The first-order chi connectivity index (χ1) is 9.88. The van der Waals surface area contributed by atoms with Gasteiger partial charge in [-0.15, -0.1) is 10.2 Å².